The highest BCUT2D eigenvalue weighted by molar-refractivity contribution is 5.41. The second kappa shape index (κ2) is 4.18. The molecule has 0 aliphatic carbocycles. The minimum Gasteiger partial charge on any atom is -0.227 e. The number of halogens is 3. The molecule has 0 N–H and O–H groups in total. The van der Waals surface area contributed by atoms with Crippen LogP contribution in [0.2, 0.25) is 0 Å². The molecule has 6 heteroatoms. The molecule has 0 aliphatic rings. The first-order chi connectivity index (χ1) is 8.43. The predicted octanol–water partition coefficient (Wildman–Crippen LogP) is 3.07. The van der Waals surface area contributed by atoms with E-state index in [1.165, 1.54) is 18.2 Å². The Balaban J connectivity index is 2.63. The van der Waals surface area contributed by atoms with Gasteiger partial charge in [-0.2, -0.15) is 23.5 Å². The highest BCUT2D eigenvalue weighted by atomic mass is 19.4. The average Bonchev–Trinajstić information content (AvgIpc) is 2.73. The van der Waals surface area contributed by atoms with Gasteiger partial charge in [-0.25, -0.2) is 4.68 Å². The fraction of sp³-hybridized carbons (Fsp3) is 0.167. The molecule has 0 atom stereocenters. The Bertz CT molecular complexity index is 603. The van der Waals surface area contributed by atoms with Crippen molar-refractivity contribution in [3.05, 3.63) is 47.3 Å². The van der Waals surface area contributed by atoms with Crippen LogP contribution in [0.3, 0.4) is 0 Å². The Morgan fingerprint density at radius 3 is 2.33 bits per heavy atom. The summed E-state index contributed by atoms with van der Waals surface area (Å²) >= 11 is 0. The van der Waals surface area contributed by atoms with E-state index in [2.05, 4.69) is 5.10 Å². The molecule has 1 heterocycles. The summed E-state index contributed by atoms with van der Waals surface area (Å²) in [4.78, 5) is 0. The molecule has 0 fully saturated rings. The Labute approximate surface area is 101 Å². The van der Waals surface area contributed by atoms with Crippen LogP contribution in [0.25, 0.3) is 5.69 Å². The van der Waals surface area contributed by atoms with Crippen molar-refractivity contribution in [3.8, 4) is 11.8 Å². The molecule has 1 aromatic heterocycles. The zero-order valence-electron chi connectivity index (χ0n) is 9.36. The van der Waals surface area contributed by atoms with Gasteiger partial charge in [-0.3, -0.25) is 0 Å². The third-order valence-corrected chi connectivity index (χ3v) is 2.44. The van der Waals surface area contributed by atoms with Crippen LogP contribution in [0.15, 0.2) is 30.5 Å². The average molecular weight is 251 g/mol. The molecule has 0 radical (unpaired) electrons. The van der Waals surface area contributed by atoms with E-state index in [1.54, 1.807) is 12.1 Å². The molecule has 0 amide bonds. The van der Waals surface area contributed by atoms with Crippen LogP contribution in [-0.4, -0.2) is 9.78 Å². The van der Waals surface area contributed by atoms with Gasteiger partial charge in [0.15, 0.2) is 5.69 Å². The molecule has 0 spiro atoms. The van der Waals surface area contributed by atoms with Gasteiger partial charge in [-0.1, -0.05) is 17.7 Å². The summed E-state index contributed by atoms with van der Waals surface area (Å²) in [5.41, 5.74) is -0.327. The van der Waals surface area contributed by atoms with Crippen LogP contribution in [0.5, 0.6) is 0 Å². The normalized spacial score (nSPS) is 11.3. The minimum atomic E-state index is -4.62. The van der Waals surface area contributed by atoms with E-state index in [-0.39, 0.29) is 5.69 Å². The molecule has 0 saturated heterocycles. The summed E-state index contributed by atoms with van der Waals surface area (Å²) in [6.07, 6.45) is -3.70. The SMILES string of the molecule is Cc1ccc(-n2ncc(C#N)c2C(F)(F)F)cc1. The van der Waals surface area contributed by atoms with Crippen LogP contribution in [0.4, 0.5) is 13.2 Å². The first-order valence-corrected chi connectivity index (χ1v) is 5.06. The van der Waals surface area contributed by atoms with Crippen molar-refractivity contribution in [2.45, 2.75) is 13.1 Å². The van der Waals surface area contributed by atoms with Crippen LogP contribution in [-0.2, 0) is 6.18 Å². The Kier molecular flexibility index (Phi) is 2.83. The summed E-state index contributed by atoms with van der Waals surface area (Å²) in [7, 11) is 0. The first kappa shape index (κ1) is 12.2. The highest BCUT2D eigenvalue weighted by Gasteiger charge is 2.38. The van der Waals surface area contributed by atoms with Gasteiger partial charge in [0, 0.05) is 0 Å². The summed E-state index contributed by atoms with van der Waals surface area (Å²) in [5.74, 6) is 0. The topological polar surface area (TPSA) is 41.6 Å². The van der Waals surface area contributed by atoms with E-state index in [9.17, 15) is 13.2 Å². The smallest absolute Gasteiger partial charge is 0.227 e. The molecule has 3 nitrogen and oxygen atoms in total. The molecule has 2 rings (SSSR count). The van der Waals surface area contributed by atoms with Crippen molar-refractivity contribution >= 4 is 0 Å². The molecular weight excluding hydrogens is 243 g/mol. The maximum Gasteiger partial charge on any atom is 0.434 e. The van der Waals surface area contributed by atoms with Gasteiger partial charge in [0.1, 0.15) is 11.6 Å². The van der Waals surface area contributed by atoms with Gasteiger partial charge in [0.25, 0.3) is 0 Å². The van der Waals surface area contributed by atoms with Crippen LogP contribution >= 0.6 is 0 Å². The zero-order chi connectivity index (χ0) is 13.3. The van der Waals surface area contributed by atoms with E-state index in [1.807, 2.05) is 6.92 Å². The number of rotatable bonds is 1. The van der Waals surface area contributed by atoms with Crippen molar-refractivity contribution < 1.29 is 13.2 Å². The monoisotopic (exact) mass is 251 g/mol. The summed E-state index contributed by atoms with van der Waals surface area (Å²) in [6, 6.07) is 7.92. The maximum atomic E-state index is 12.9. The molecule has 0 bridgehead atoms. The van der Waals surface area contributed by atoms with Crippen LogP contribution in [0, 0.1) is 18.3 Å². The third-order valence-electron chi connectivity index (χ3n) is 2.44. The number of aryl methyl sites for hydroxylation is 1. The van der Waals surface area contributed by atoms with Crippen LogP contribution < -0.4 is 0 Å². The summed E-state index contributed by atoms with van der Waals surface area (Å²) in [5, 5.41) is 12.3. The van der Waals surface area contributed by atoms with Crippen molar-refractivity contribution in [2.24, 2.45) is 0 Å². The summed E-state index contributed by atoms with van der Waals surface area (Å²) in [6.45, 7) is 1.83. The third kappa shape index (κ3) is 2.07. The van der Waals surface area contributed by atoms with Crippen LogP contribution in [0.1, 0.15) is 16.8 Å². The van der Waals surface area contributed by atoms with Crippen molar-refractivity contribution in [1.82, 2.24) is 9.78 Å². The zero-order valence-corrected chi connectivity index (χ0v) is 9.36. The molecule has 0 aliphatic heterocycles. The van der Waals surface area contributed by atoms with E-state index in [4.69, 9.17) is 5.26 Å². The molecule has 1 aromatic carbocycles. The van der Waals surface area contributed by atoms with E-state index in [0.717, 1.165) is 16.4 Å². The molecular formula is C12H8F3N3. The predicted molar refractivity (Wildman–Crippen MR) is 58.0 cm³/mol. The fourth-order valence-corrected chi connectivity index (χ4v) is 1.58. The molecule has 0 saturated carbocycles. The minimum absolute atomic E-state index is 0.273. The number of aromatic nitrogens is 2. The summed E-state index contributed by atoms with van der Waals surface area (Å²) < 4.78 is 39.4. The molecule has 18 heavy (non-hydrogen) atoms. The fourth-order valence-electron chi connectivity index (χ4n) is 1.58. The Hall–Kier alpha value is -2.29. The number of hydrogen-bond acceptors (Lipinski definition) is 2. The van der Waals surface area contributed by atoms with Crippen molar-refractivity contribution in [2.75, 3.05) is 0 Å². The molecule has 0 unspecified atom stereocenters. The van der Waals surface area contributed by atoms with Gasteiger partial charge < -0.3 is 0 Å². The number of alkyl halides is 3. The number of nitriles is 1. The van der Waals surface area contributed by atoms with Crippen molar-refractivity contribution in [1.29, 1.82) is 5.26 Å². The van der Waals surface area contributed by atoms with Gasteiger partial charge in [-0.15, -0.1) is 0 Å². The Morgan fingerprint density at radius 1 is 1.22 bits per heavy atom. The lowest BCUT2D eigenvalue weighted by Gasteiger charge is -2.10. The van der Waals surface area contributed by atoms with Gasteiger partial charge in [0.2, 0.25) is 0 Å². The number of nitrogens with zero attached hydrogens (tertiary/aromatic N) is 3. The van der Waals surface area contributed by atoms with Gasteiger partial charge >= 0.3 is 6.18 Å². The second-order valence-corrected chi connectivity index (χ2v) is 3.76. The largest absolute Gasteiger partial charge is 0.434 e. The lowest BCUT2D eigenvalue weighted by atomic mass is 10.2. The van der Waals surface area contributed by atoms with E-state index in [0.29, 0.717) is 0 Å². The van der Waals surface area contributed by atoms with Gasteiger partial charge in [0.05, 0.1) is 11.9 Å². The Morgan fingerprint density at radius 2 is 1.83 bits per heavy atom. The number of hydrogen-bond donors (Lipinski definition) is 0. The first-order valence-electron chi connectivity index (χ1n) is 5.06. The van der Waals surface area contributed by atoms with E-state index < -0.39 is 17.4 Å². The number of benzene rings is 1. The second-order valence-electron chi connectivity index (χ2n) is 3.76. The quantitative estimate of drug-likeness (QED) is 0.781. The lowest BCUT2D eigenvalue weighted by molar-refractivity contribution is -0.143. The maximum absolute atomic E-state index is 12.9. The van der Waals surface area contributed by atoms with E-state index >= 15 is 0 Å². The van der Waals surface area contributed by atoms with Crippen molar-refractivity contribution in [3.63, 3.8) is 0 Å². The molecule has 92 valence electrons. The molecule has 2 aromatic rings. The van der Waals surface area contributed by atoms with Gasteiger partial charge in [-0.05, 0) is 19.1 Å². The highest BCUT2D eigenvalue weighted by Crippen LogP contribution is 2.33. The standard InChI is InChI=1S/C12H8F3N3/c1-8-2-4-10(5-3-8)18-11(12(13,14)15)9(6-16)7-17-18/h2-5,7H,1H3. The lowest BCUT2D eigenvalue weighted by Crippen LogP contribution is -2.14.